The average molecular weight is 286 g/mol. The molecule has 1 aromatic carbocycles. The summed E-state index contributed by atoms with van der Waals surface area (Å²) in [6.07, 6.45) is 2.89. The summed E-state index contributed by atoms with van der Waals surface area (Å²) in [5, 5.41) is 0. The van der Waals surface area contributed by atoms with Gasteiger partial charge in [-0.2, -0.15) is 0 Å². The Hall–Kier alpha value is -2.01. The van der Waals surface area contributed by atoms with Crippen molar-refractivity contribution in [2.45, 2.75) is 25.7 Å². The third kappa shape index (κ3) is 2.38. The van der Waals surface area contributed by atoms with Crippen LogP contribution in [-0.4, -0.2) is 23.1 Å². The van der Waals surface area contributed by atoms with E-state index in [1.165, 1.54) is 11.9 Å². The van der Waals surface area contributed by atoms with Crippen LogP contribution in [0.2, 0.25) is 0 Å². The fourth-order valence-corrected chi connectivity index (χ4v) is 2.97. The number of rotatable bonds is 4. The molecule has 1 aliphatic heterocycles. The van der Waals surface area contributed by atoms with Crippen molar-refractivity contribution in [3.8, 4) is 0 Å². The fourth-order valence-electron chi connectivity index (χ4n) is 2.97. The summed E-state index contributed by atoms with van der Waals surface area (Å²) < 4.78 is 14.5. The van der Waals surface area contributed by atoms with Crippen LogP contribution in [0, 0.1) is 5.82 Å². The van der Waals surface area contributed by atoms with E-state index < -0.39 is 0 Å². The van der Waals surface area contributed by atoms with Gasteiger partial charge in [0.05, 0.1) is 5.69 Å². The van der Waals surface area contributed by atoms with Crippen LogP contribution in [-0.2, 0) is 6.42 Å². The summed E-state index contributed by atoms with van der Waals surface area (Å²) in [4.78, 5) is 10.1. The van der Waals surface area contributed by atoms with Crippen molar-refractivity contribution >= 4 is 11.5 Å². The molecule has 110 valence electrons. The standard InChI is InChI=1S/C16H19FN4/c1-2-13-15(17)16(20-10-19-13)21-9-11(7-8-18)12-5-3-4-6-14(12)21/h3-6,10-11H,2,7-9,18H2,1H3. The van der Waals surface area contributed by atoms with Gasteiger partial charge in [-0.3, -0.25) is 0 Å². The summed E-state index contributed by atoms with van der Waals surface area (Å²) in [6, 6.07) is 8.09. The van der Waals surface area contributed by atoms with Crippen LogP contribution < -0.4 is 10.6 Å². The van der Waals surface area contributed by atoms with Gasteiger partial charge in [0.2, 0.25) is 0 Å². The van der Waals surface area contributed by atoms with Crippen LogP contribution in [0.4, 0.5) is 15.9 Å². The van der Waals surface area contributed by atoms with Gasteiger partial charge in [0.15, 0.2) is 11.6 Å². The zero-order valence-corrected chi connectivity index (χ0v) is 12.1. The van der Waals surface area contributed by atoms with E-state index in [1.54, 1.807) is 0 Å². The third-order valence-corrected chi connectivity index (χ3v) is 4.02. The molecule has 0 fully saturated rings. The summed E-state index contributed by atoms with van der Waals surface area (Å²) in [5.74, 6) is 0.377. The lowest BCUT2D eigenvalue weighted by molar-refractivity contribution is 0.587. The highest BCUT2D eigenvalue weighted by atomic mass is 19.1. The molecule has 0 radical (unpaired) electrons. The minimum Gasteiger partial charge on any atom is -0.330 e. The zero-order chi connectivity index (χ0) is 14.8. The van der Waals surface area contributed by atoms with Gasteiger partial charge in [0.1, 0.15) is 6.33 Å². The molecule has 1 aliphatic rings. The van der Waals surface area contributed by atoms with E-state index in [0.29, 0.717) is 36.9 Å². The Kier molecular flexibility index (Phi) is 3.84. The molecule has 0 aliphatic carbocycles. The first-order valence-electron chi connectivity index (χ1n) is 7.32. The first-order chi connectivity index (χ1) is 10.3. The van der Waals surface area contributed by atoms with Gasteiger partial charge in [0, 0.05) is 18.2 Å². The Morgan fingerprint density at radius 3 is 2.90 bits per heavy atom. The second-order valence-corrected chi connectivity index (χ2v) is 5.26. The van der Waals surface area contributed by atoms with E-state index in [4.69, 9.17) is 5.73 Å². The normalized spacial score (nSPS) is 17.1. The number of anilines is 2. The first kappa shape index (κ1) is 13.9. The molecular weight excluding hydrogens is 267 g/mol. The van der Waals surface area contributed by atoms with Gasteiger partial charge in [-0.05, 0) is 31.0 Å². The van der Waals surface area contributed by atoms with E-state index in [0.717, 1.165) is 12.1 Å². The molecule has 2 N–H and O–H groups in total. The maximum absolute atomic E-state index is 14.5. The molecule has 0 amide bonds. The predicted molar refractivity (Wildman–Crippen MR) is 81.2 cm³/mol. The lowest BCUT2D eigenvalue weighted by atomic mass is 9.98. The number of hydrogen-bond acceptors (Lipinski definition) is 4. The maximum atomic E-state index is 14.5. The van der Waals surface area contributed by atoms with Gasteiger partial charge in [-0.1, -0.05) is 25.1 Å². The number of nitrogens with zero attached hydrogens (tertiary/aromatic N) is 3. The molecular formula is C16H19FN4. The summed E-state index contributed by atoms with van der Waals surface area (Å²) in [5.41, 5.74) is 8.41. The van der Waals surface area contributed by atoms with E-state index in [9.17, 15) is 4.39 Å². The number of fused-ring (bicyclic) bond motifs is 1. The van der Waals surface area contributed by atoms with Crippen LogP contribution in [0.5, 0.6) is 0 Å². The Morgan fingerprint density at radius 1 is 1.33 bits per heavy atom. The van der Waals surface area contributed by atoms with Crippen molar-refractivity contribution < 1.29 is 4.39 Å². The summed E-state index contributed by atoms with van der Waals surface area (Å²) in [7, 11) is 0. The molecule has 2 aromatic rings. The summed E-state index contributed by atoms with van der Waals surface area (Å²) in [6.45, 7) is 3.23. The second kappa shape index (κ2) is 5.77. The maximum Gasteiger partial charge on any atom is 0.187 e. The third-order valence-electron chi connectivity index (χ3n) is 4.02. The van der Waals surface area contributed by atoms with Crippen LogP contribution in [0.15, 0.2) is 30.6 Å². The van der Waals surface area contributed by atoms with Crippen LogP contribution in [0.3, 0.4) is 0 Å². The van der Waals surface area contributed by atoms with E-state index in [-0.39, 0.29) is 5.82 Å². The topological polar surface area (TPSA) is 55.0 Å². The molecule has 1 atom stereocenters. The lowest BCUT2D eigenvalue weighted by Crippen LogP contribution is -2.20. The van der Waals surface area contributed by atoms with Crippen molar-refractivity contribution in [3.05, 3.63) is 47.7 Å². The van der Waals surface area contributed by atoms with Crippen molar-refractivity contribution in [2.24, 2.45) is 5.73 Å². The van der Waals surface area contributed by atoms with E-state index in [2.05, 4.69) is 16.0 Å². The molecule has 2 heterocycles. The first-order valence-corrected chi connectivity index (χ1v) is 7.32. The van der Waals surface area contributed by atoms with Crippen LogP contribution >= 0.6 is 0 Å². The number of hydrogen-bond donors (Lipinski definition) is 1. The molecule has 1 unspecified atom stereocenters. The van der Waals surface area contributed by atoms with Gasteiger partial charge < -0.3 is 10.6 Å². The molecule has 5 heteroatoms. The zero-order valence-electron chi connectivity index (χ0n) is 12.1. The highest BCUT2D eigenvalue weighted by Crippen LogP contribution is 2.42. The molecule has 3 rings (SSSR count). The highest BCUT2D eigenvalue weighted by Gasteiger charge is 2.31. The molecule has 0 saturated carbocycles. The van der Waals surface area contributed by atoms with Crippen LogP contribution in [0.1, 0.15) is 30.5 Å². The Labute approximate surface area is 123 Å². The molecule has 21 heavy (non-hydrogen) atoms. The molecule has 4 nitrogen and oxygen atoms in total. The Bertz CT molecular complexity index is 644. The molecule has 1 aromatic heterocycles. The number of benzene rings is 1. The van der Waals surface area contributed by atoms with E-state index >= 15 is 0 Å². The quantitative estimate of drug-likeness (QED) is 0.939. The predicted octanol–water partition coefficient (Wildman–Crippen LogP) is 2.76. The Morgan fingerprint density at radius 2 is 2.14 bits per heavy atom. The minimum absolute atomic E-state index is 0.316. The number of aromatic nitrogens is 2. The minimum atomic E-state index is -0.316. The van der Waals surface area contributed by atoms with Gasteiger partial charge in [0.25, 0.3) is 0 Å². The largest absolute Gasteiger partial charge is 0.330 e. The second-order valence-electron chi connectivity index (χ2n) is 5.26. The fraction of sp³-hybridized carbons (Fsp3) is 0.375. The van der Waals surface area contributed by atoms with Crippen molar-refractivity contribution in [1.82, 2.24) is 9.97 Å². The monoisotopic (exact) mass is 286 g/mol. The Balaban J connectivity index is 2.05. The highest BCUT2D eigenvalue weighted by molar-refractivity contribution is 5.69. The molecule has 0 bridgehead atoms. The molecule has 0 spiro atoms. The SMILES string of the molecule is CCc1ncnc(N2CC(CCN)c3ccccc32)c1F. The summed E-state index contributed by atoms with van der Waals surface area (Å²) >= 11 is 0. The van der Waals surface area contributed by atoms with E-state index in [1.807, 2.05) is 30.0 Å². The lowest BCUT2D eigenvalue weighted by Gasteiger charge is -2.20. The van der Waals surface area contributed by atoms with Gasteiger partial charge >= 0.3 is 0 Å². The number of para-hydroxylation sites is 1. The number of aryl methyl sites for hydroxylation is 1. The van der Waals surface area contributed by atoms with Crippen molar-refractivity contribution in [3.63, 3.8) is 0 Å². The average Bonchev–Trinajstić information content (AvgIpc) is 2.87. The smallest absolute Gasteiger partial charge is 0.187 e. The number of nitrogens with two attached hydrogens (primary N) is 1. The van der Waals surface area contributed by atoms with Crippen molar-refractivity contribution in [1.29, 1.82) is 0 Å². The number of halogens is 1. The van der Waals surface area contributed by atoms with Crippen LogP contribution in [0.25, 0.3) is 0 Å². The van der Waals surface area contributed by atoms with Gasteiger partial charge in [-0.15, -0.1) is 0 Å². The van der Waals surface area contributed by atoms with Crippen molar-refractivity contribution in [2.75, 3.05) is 18.0 Å². The van der Waals surface area contributed by atoms with Gasteiger partial charge in [-0.25, -0.2) is 14.4 Å². The molecule has 0 saturated heterocycles.